The number of nitrogens with zero attached hydrogens (tertiary/aromatic N) is 3. The first-order valence-electron chi connectivity index (χ1n) is 35.7. The number of para-hydroxylation sites is 9. The summed E-state index contributed by atoms with van der Waals surface area (Å²) in [5, 5.41) is 7.84. The summed E-state index contributed by atoms with van der Waals surface area (Å²) in [6, 6.07) is 128. The van der Waals surface area contributed by atoms with E-state index < -0.39 is 0 Å². The standard InChI is InChI=1S/C25H19N.C24H15N.C19H15N.C14H12.C8H10.C7H7.C2H6.14CH3.Tm.20Y/c1-18-10-2-3-11-19(18)20-12-4-7-15-23(20)26-24-16-8-5-13-21(24)22-14-6-9-17-25(22)26;1-2-9-17-16(8-1)18-10-3-5-14-22(18)25-23-15-6-4-11-19(23)21-13-7-12-20(17)24(21)25;1-14-8-2-5-11-17(14)20-18-12-6-3-9-15(18)16-10-4-7-13-19(16)20;1-10-5-4-8-13-12-7-3-2-6-11(12)9-14(10)13;1-7-5-3-4-6-8(7)2;1-7-5-3-2-4-6-7;1-2;;;;;;;;;;;;;;;;;;;;;;;;;;;;;;;;;;;/h2-17H,1H3;1-15H;2-13H,1H3;2-8H,9H2,1H3;3-6H,1-2H3;2-5H,1H3;1-2H3;14*1H3;;;;;;;;;;;;;;;;;;;;;/q;;;;;-1;;14*-1;;;;;;;;;;;;;;;;;;;;;. The Morgan fingerprint density at radius 3 is 0.803 bits per heavy atom. The van der Waals surface area contributed by atoms with Gasteiger partial charge in [0.1, 0.15) is 0 Å². The van der Waals surface area contributed by atoms with Gasteiger partial charge in [0.15, 0.2) is 0 Å². The van der Waals surface area contributed by atoms with Crippen LogP contribution in [0.15, 0.2) is 352 Å². The summed E-state index contributed by atoms with van der Waals surface area (Å²) < 4.78 is 7.20. The van der Waals surface area contributed by atoms with Crippen LogP contribution in [-0.4, -0.2) is 13.7 Å². The Kier molecular flexibility index (Phi) is 154. The smallest absolute Gasteiger partial charge is 0.0619 e. The van der Waals surface area contributed by atoms with Crippen LogP contribution in [-0.2, 0) is 661 Å². The third-order valence-corrected chi connectivity index (χ3v) is 19.8. The van der Waals surface area contributed by atoms with Gasteiger partial charge in [-0.15, -0.1) is 0 Å². The zero-order chi connectivity index (χ0) is 70.1. The second kappa shape index (κ2) is 105. The molecular weight excluding hydrogens is 3350 g/mol. The predicted molar refractivity (Wildman–Crippen MR) is 528 cm³/mol. The van der Waals surface area contributed by atoms with Crippen LogP contribution in [0.25, 0.3) is 127 Å². The number of aryl methyl sites for hydroxylation is 6. The van der Waals surface area contributed by atoms with E-state index in [1.165, 1.54) is 171 Å². The van der Waals surface area contributed by atoms with Gasteiger partial charge in [-0.1, -0.05) is 300 Å². The molecule has 2 aliphatic rings. The van der Waals surface area contributed by atoms with Gasteiger partial charge in [-0.05, 0) is 156 Å². The van der Waals surface area contributed by atoms with Crippen LogP contribution in [0.1, 0.15) is 58.4 Å². The minimum absolute atomic E-state index is 0. The van der Waals surface area contributed by atoms with Crippen LogP contribution in [0, 0.1) is 188 Å². The number of rotatable bonds is 3. The van der Waals surface area contributed by atoms with Crippen molar-refractivity contribution in [3.8, 4) is 61.6 Å². The van der Waals surface area contributed by atoms with Gasteiger partial charge < -0.3 is 118 Å². The molecule has 15 aromatic carbocycles. The summed E-state index contributed by atoms with van der Waals surface area (Å²) >= 11 is 0. The summed E-state index contributed by atoms with van der Waals surface area (Å²) in [4.78, 5) is 0. The van der Waals surface area contributed by atoms with Crippen LogP contribution < -0.4 is 0 Å². The summed E-state index contributed by atoms with van der Waals surface area (Å²) in [5.74, 6) is 0. The van der Waals surface area contributed by atoms with E-state index in [4.69, 9.17) is 0 Å². The van der Waals surface area contributed by atoms with Gasteiger partial charge in [0.05, 0.1) is 44.5 Å². The van der Waals surface area contributed by atoms with E-state index in [0.717, 1.165) is 6.42 Å². The molecule has 0 amide bonds. The topological polar surface area (TPSA) is 14.8 Å². The van der Waals surface area contributed by atoms with Gasteiger partial charge in [0, 0.05) is 746 Å². The van der Waals surface area contributed by atoms with Crippen molar-refractivity contribution in [2.75, 3.05) is 0 Å². The second-order valence-electron chi connectivity index (χ2n) is 26.0. The van der Waals surface area contributed by atoms with Gasteiger partial charge in [-0.3, -0.25) is 0 Å². The van der Waals surface area contributed by atoms with E-state index >= 15 is 0 Å². The van der Waals surface area contributed by atoms with Crippen molar-refractivity contribution in [1.82, 2.24) is 13.7 Å². The average molecular weight is 3470 g/mol. The van der Waals surface area contributed by atoms with Gasteiger partial charge in [-0.2, -0.15) is 35.9 Å². The Balaban J connectivity index is -0.0000000568. The molecule has 3 nitrogen and oxygen atoms in total. The van der Waals surface area contributed by atoms with E-state index in [2.05, 4.69) is 382 Å². The van der Waals surface area contributed by atoms with Crippen LogP contribution in [0.3, 0.4) is 0 Å². The summed E-state index contributed by atoms with van der Waals surface area (Å²) in [7, 11) is 0. The van der Waals surface area contributed by atoms with Crippen LogP contribution >= 0.6 is 0 Å². The molecule has 0 unspecified atom stereocenters. The molecule has 0 saturated carbocycles. The molecule has 0 saturated heterocycles. The van der Waals surface area contributed by atoms with Crippen LogP contribution in [0.5, 0.6) is 0 Å². The molecule has 0 atom stereocenters. The normalized spacial score (nSPS) is 8.26. The first kappa shape index (κ1) is 201. The summed E-state index contributed by atoms with van der Waals surface area (Å²) in [6.07, 6.45) is 1.11. The number of fused-ring (bicyclic) bond motifs is 17. The maximum atomic E-state index is 3.03. The van der Waals surface area contributed by atoms with Crippen LogP contribution in [0.2, 0.25) is 0 Å². The maximum Gasteiger partial charge on any atom is 0.0619 e. The van der Waals surface area contributed by atoms with Gasteiger partial charge >= 0.3 is 0 Å². The van der Waals surface area contributed by atoms with Crippen molar-refractivity contribution >= 4 is 65.4 Å². The van der Waals surface area contributed by atoms with Crippen molar-refractivity contribution < 1.29 is 691 Å². The molecule has 1 aliphatic carbocycles. The zero-order valence-corrected chi connectivity index (χ0v) is 144. The van der Waals surface area contributed by atoms with Crippen molar-refractivity contribution in [1.29, 1.82) is 0 Å². The largest absolute Gasteiger partial charge is 0.358 e. The minimum atomic E-state index is 0. The van der Waals surface area contributed by atoms with Crippen molar-refractivity contribution in [3.05, 3.63) is 506 Å². The van der Waals surface area contributed by atoms with E-state index in [9.17, 15) is 0 Å². The van der Waals surface area contributed by atoms with E-state index in [0.29, 0.717) is 0 Å². The molecule has 0 fully saturated rings. The first-order valence-corrected chi connectivity index (χ1v) is 35.7. The molecule has 20 rings (SSSR count). The Morgan fingerprint density at radius 2 is 0.438 bits per heavy atom. The molecule has 24 heteroatoms. The Bertz CT molecular complexity index is 5940. The van der Waals surface area contributed by atoms with Gasteiger partial charge in [0.2, 0.25) is 0 Å². The monoisotopic (exact) mass is 3470 g/mol. The quantitative estimate of drug-likeness (QED) is 0.157. The van der Waals surface area contributed by atoms with Crippen LogP contribution in [0.4, 0.5) is 0 Å². The van der Waals surface area contributed by atoms with Crippen molar-refractivity contribution in [2.24, 2.45) is 0 Å². The van der Waals surface area contributed by atoms with Gasteiger partial charge in [0.25, 0.3) is 0 Å². The molecular formula is C113H126N3TmY20-15. The SMILES string of the molecule is CC.Cc1[c-]cccc1.Cc1cccc2c1Cc1ccccc1-2.Cc1ccccc1-c1ccccc1-n1c2ccccc2c2ccccc21.Cc1ccccc1-n1c2ccccc2c2ccccc21.Cc1ccccc1C.[CH3-].[CH3-].[CH3-].[CH3-].[CH3-].[CH3-].[CH3-].[CH3-].[CH3-].[CH3-].[CH3-].[CH3-].[CH3-].[CH3-].[Tm].[Y].[Y].[Y].[Y].[Y].[Y].[Y].[Y].[Y].[Y].[Y].[Y].[Y].[Y].[Y].[Y].[Y].[Y].[Y].[Y].c1ccc2c(c1)-c1ccccc1-n1c3ccccc3c3cccc-2c31. The Labute approximate surface area is 1370 Å². The third kappa shape index (κ3) is 50.7. The molecule has 0 spiro atoms. The summed E-state index contributed by atoms with van der Waals surface area (Å²) in [6.45, 7) is 16.8. The fourth-order valence-electron chi connectivity index (χ4n) is 14.7. The van der Waals surface area contributed by atoms with Crippen molar-refractivity contribution in [3.63, 3.8) is 0 Å². The Hall–Kier alpha value is 11.0. The average Bonchev–Trinajstić information content (AvgIpc) is 1.56. The molecule has 4 heterocycles. The van der Waals surface area contributed by atoms with Gasteiger partial charge in [-0.25, -0.2) is 0 Å². The molecule has 1 aliphatic heterocycles. The fourth-order valence-corrected chi connectivity index (χ4v) is 14.7. The molecule has 3 aromatic heterocycles. The molecule has 0 bridgehead atoms. The maximum absolute atomic E-state index is 3.03. The predicted octanol–water partition coefficient (Wildman–Crippen LogP) is 33.2. The number of benzene rings is 15. The first-order chi connectivity index (χ1) is 50.2. The molecule has 0 N–H and O–H groups in total. The third-order valence-electron chi connectivity index (χ3n) is 19.8. The van der Waals surface area contributed by atoms with E-state index in [-0.39, 0.29) is 795 Å². The summed E-state index contributed by atoms with van der Waals surface area (Å²) in [5.41, 5.74) is 32.8. The Morgan fingerprint density at radius 1 is 0.190 bits per heavy atom. The van der Waals surface area contributed by atoms with Crippen molar-refractivity contribution in [2.45, 2.75) is 61.8 Å². The second-order valence-corrected chi connectivity index (χ2v) is 26.0. The number of aromatic nitrogens is 3. The van der Waals surface area contributed by atoms with E-state index in [1.807, 2.05) is 45.0 Å². The number of hydrogen-bond acceptors (Lipinski definition) is 0. The molecule has 18 aromatic rings. The number of hydrogen-bond donors (Lipinski definition) is 0. The zero-order valence-electron chi connectivity index (χ0n) is 85.4. The molecule has 137 heavy (non-hydrogen) atoms. The molecule has 681 valence electrons. The fraction of sp³-hybridized carbons (Fsp3) is 0.0796. The molecule has 21 radical (unpaired) electrons. The minimum Gasteiger partial charge on any atom is -0.358 e. The van der Waals surface area contributed by atoms with E-state index in [1.54, 1.807) is 0 Å².